The standard InChI is InChI=1S/C14H22N4O/c1-2-4-11-6-9-18(10-7-11)14(19)12-5-3-8-16-13(12)17-15/h3,5,8,11H,2,4,6-7,9-10,15H2,1H3,(H,16,17). The Morgan fingerprint density at radius 2 is 2.26 bits per heavy atom. The molecule has 0 bridgehead atoms. The smallest absolute Gasteiger partial charge is 0.257 e. The van der Waals surface area contributed by atoms with Gasteiger partial charge in [-0.25, -0.2) is 10.8 Å². The predicted molar refractivity (Wildman–Crippen MR) is 75.6 cm³/mol. The molecule has 2 heterocycles. The van der Waals surface area contributed by atoms with Crippen molar-refractivity contribution in [3.8, 4) is 0 Å². The van der Waals surface area contributed by atoms with Crippen molar-refractivity contribution in [2.75, 3.05) is 18.5 Å². The molecule has 0 radical (unpaired) electrons. The first kappa shape index (κ1) is 13.8. The number of hydrazine groups is 1. The van der Waals surface area contributed by atoms with Crippen molar-refractivity contribution >= 4 is 11.7 Å². The van der Waals surface area contributed by atoms with Crippen LogP contribution in [0.1, 0.15) is 43.0 Å². The van der Waals surface area contributed by atoms with Crippen molar-refractivity contribution in [2.45, 2.75) is 32.6 Å². The van der Waals surface area contributed by atoms with E-state index in [-0.39, 0.29) is 5.91 Å². The average molecular weight is 262 g/mol. The lowest BCUT2D eigenvalue weighted by Crippen LogP contribution is -2.39. The van der Waals surface area contributed by atoms with Gasteiger partial charge in [-0.1, -0.05) is 19.8 Å². The highest BCUT2D eigenvalue weighted by atomic mass is 16.2. The van der Waals surface area contributed by atoms with Gasteiger partial charge in [0.15, 0.2) is 5.82 Å². The monoisotopic (exact) mass is 262 g/mol. The van der Waals surface area contributed by atoms with Crippen LogP contribution in [0.4, 0.5) is 5.82 Å². The van der Waals surface area contributed by atoms with Crippen molar-refractivity contribution < 1.29 is 4.79 Å². The quantitative estimate of drug-likeness (QED) is 0.643. The Morgan fingerprint density at radius 1 is 1.53 bits per heavy atom. The number of nitrogen functional groups attached to an aromatic ring is 1. The van der Waals surface area contributed by atoms with Gasteiger partial charge in [0, 0.05) is 19.3 Å². The van der Waals surface area contributed by atoms with Gasteiger partial charge in [-0.05, 0) is 30.9 Å². The molecule has 0 spiro atoms. The predicted octanol–water partition coefficient (Wildman–Crippen LogP) is 2.02. The Kier molecular flexibility index (Phi) is 4.74. The molecule has 19 heavy (non-hydrogen) atoms. The summed E-state index contributed by atoms with van der Waals surface area (Å²) >= 11 is 0. The summed E-state index contributed by atoms with van der Waals surface area (Å²) in [4.78, 5) is 18.4. The zero-order valence-corrected chi connectivity index (χ0v) is 11.4. The van der Waals surface area contributed by atoms with E-state index in [0.29, 0.717) is 11.4 Å². The second kappa shape index (κ2) is 6.52. The van der Waals surface area contributed by atoms with Crippen LogP contribution in [-0.4, -0.2) is 28.9 Å². The molecule has 1 amide bonds. The van der Waals surface area contributed by atoms with Crippen LogP contribution in [0.2, 0.25) is 0 Å². The summed E-state index contributed by atoms with van der Waals surface area (Å²) in [5.74, 6) is 6.64. The number of aromatic nitrogens is 1. The SMILES string of the molecule is CCCC1CCN(C(=O)c2cccnc2NN)CC1. The minimum absolute atomic E-state index is 0.0241. The van der Waals surface area contributed by atoms with Crippen molar-refractivity contribution in [3.63, 3.8) is 0 Å². The van der Waals surface area contributed by atoms with E-state index in [1.165, 1.54) is 12.8 Å². The molecule has 0 aromatic carbocycles. The number of amides is 1. The lowest BCUT2D eigenvalue weighted by Gasteiger charge is -2.32. The molecule has 5 heteroatoms. The number of carbonyl (C=O) groups is 1. The summed E-state index contributed by atoms with van der Waals surface area (Å²) in [5.41, 5.74) is 3.04. The largest absolute Gasteiger partial charge is 0.339 e. The number of likely N-dealkylation sites (tertiary alicyclic amines) is 1. The van der Waals surface area contributed by atoms with Crippen molar-refractivity contribution in [3.05, 3.63) is 23.9 Å². The molecule has 0 aliphatic carbocycles. The number of carbonyl (C=O) groups excluding carboxylic acids is 1. The van der Waals surface area contributed by atoms with Gasteiger partial charge in [0.2, 0.25) is 0 Å². The highest BCUT2D eigenvalue weighted by Crippen LogP contribution is 2.23. The lowest BCUT2D eigenvalue weighted by molar-refractivity contribution is 0.0687. The molecule has 104 valence electrons. The Morgan fingerprint density at radius 3 is 2.89 bits per heavy atom. The number of piperidine rings is 1. The molecule has 1 saturated heterocycles. The fraction of sp³-hybridized carbons (Fsp3) is 0.571. The molecule has 0 atom stereocenters. The Balaban J connectivity index is 2.01. The third kappa shape index (κ3) is 3.23. The molecule has 1 fully saturated rings. The minimum Gasteiger partial charge on any atom is -0.339 e. The number of nitrogens with zero attached hydrogens (tertiary/aromatic N) is 2. The van der Waals surface area contributed by atoms with Crippen LogP contribution in [0.3, 0.4) is 0 Å². The summed E-state index contributed by atoms with van der Waals surface area (Å²) in [5, 5.41) is 0. The van der Waals surface area contributed by atoms with Gasteiger partial charge in [-0.15, -0.1) is 0 Å². The van der Waals surface area contributed by atoms with E-state index >= 15 is 0 Å². The second-order valence-electron chi connectivity index (χ2n) is 5.07. The number of nitrogens with two attached hydrogens (primary N) is 1. The highest BCUT2D eigenvalue weighted by Gasteiger charge is 2.24. The molecule has 5 nitrogen and oxygen atoms in total. The average Bonchev–Trinajstić information content (AvgIpc) is 2.47. The maximum Gasteiger partial charge on any atom is 0.257 e. The summed E-state index contributed by atoms with van der Waals surface area (Å²) in [7, 11) is 0. The maximum atomic E-state index is 12.4. The van der Waals surface area contributed by atoms with Crippen molar-refractivity contribution in [2.24, 2.45) is 11.8 Å². The van der Waals surface area contributed by atoms with Gasteiger partial charge in [0.25, 0.3) is 5.91 Å². The molecule has 2 rings (SSSR count). The van der Waals surface area contributed by atoms with E-state index in [9.17, 15) is 4.79 Å². The van der Waals surface area contributed by atoms with Gasteiger partial charge in [0.05, 0.1) is 5.56 Å². The molecular weight excluding hydrogens is 240 g/mol. The molecule has 1 aliphatic heterocycles. The Hall–Kier alpha value is -1.62. The van der Waals surface area contributed by atoms with Crippen LogP contribution in [0.15, 0.2) is 18.3 Å². The van der Waals surface area contributed by atoms with Gasteiger partial charge < -0.3 is 10.3 Å². The van der Waals surface area contributed by atoms with Crippen LogP contribution >= 0.6 is 0 Å². The van der Waals surface area contributed by atoms with Crippen molar-refractivity contribution in [1.29, 1.82) is 0 Å². The first-order valence-corrected chi connectivity index (χ1v) is 6.97. The number of pyridine rings is 1. The molecule has 3 N–H and O–H groups in total. The fourth-order valence-electron chi connectivity index (χ4n) is 2.70. The number of anilines is 1. The minimum atomic E-state index is 0.0241. The number of rotatable bonds is 4. The molecule has 0 saturated carbocycles. The number of nitrogens with one attached hydrogen (secondary N) is 1. The van der Waals surface area contributed by atoms with E-state index < -0.39 is 0 Å². The van der Waals surface area contributed by atoms with E-state index in [0.717, 1.165) is 31.8 Å². The van der Waals surface area contributed by atoms with E-state index in [1.54, 1.807) is 18.3 Å². The Bertz CT molecular complexity index is 427. The second-order valence-corrected chi connectivity index (χ2v) is 5.07. The van der Waals surface area contributed by atoms with Gasteiger partial charge in [-0.2, -0.15) is 0 Å². The van der Waals surface area contributed by atoms with E-state index in [2.05, 4.69) is 17.3 Å². The summed E-state index contributed by atoms with van der Waals surface area (Å²) < 4.78 is 0. The normalized spacial score (nSPS) is 16.4. The highest BCUT2D eigenvalue weighted by molar-refractivity contribution is 5.98. The van der Waals surface area contributed by atoms with Crippen LogP contribution < -0.4 is 11.3 Å². The molecule has 0 unspecified atom stereocenters. The zero-order valence-electron chi connectivity index (χ0n) is 11.4. The van der Waals surface area contributed by atoms with Crippen LogP contribution in [0, 0.1) is 5.92 Å². The van der Waals surface area contributed by atoms with Crippen molar-refractivity contribution in [1.82, 2.24) is 9.88 Å². The van der Waals surface area contributed by atoms with Gasteiger partial charge >= 0.3 is 0 Å². The molecule has 1 aromatic rings. The molecular formula is C14H22N4O. The first-order chi connectivity index (χ1) is 9.26. The van der Waals surface area contributed by atoms with Crippen LogP contribution in [0.25, 0.3) is 0 Å². The third-order valence-electron chi connectivity index (χ3n) is 3.77. The summed E-state index contributed by atoms with van der Waals surface area (Å²) in [6.07, 6.45) is 6.32. The van der Waals surface area contributed by atoms with E-state index in [1.807, 2.05) is 4.90 Å². The zero-order chi connectivity index (χ0) is 13.7. The van der Waals surface area contributed by atoms with Crippen LogP contribution in [-0.2, 0) is 0 Å². The Labute approximate surface area is 114 Å². The van der Waals surface area contributed by atoms with Gasteiger partial charge in [-0.3, -0.25) is 4.79 Å². The number of hydrogen-bond acceptors (Lipinski definition) is 4. The third-order valence-corrected chi connectivity index (χ3v) is 3.77. The topological polar surface area (TPSA) is 71.2 Å². The first-order valence-electron chi connectivity index (χ1n) is 6.97. The summed E-state index contributed by atoms with van der Waals surface area (Å²) in [6.45, 7) is 3.89. The molecule has 1 aliphatic rings. The van der Waals surface area contributed by atoms with Gasteiger partial charge in [0.1, 0.15) is 0 Å². The maximum absolute atomic E-state index is 12.4. The lowest BCUT2D eigenvalue weighted by atomic mass is 9.92. The fourth-order valence-corrected chi connectivity index (χ4v) is 2.70. The number of hydrogen-bond donors (Lipinski definition) is 2. The van der Waals surface area contributed by atoms with Crippen LogP contribution in [0.5, 0.6) is 0 Å². The van der Waals surface area contributed by atoms with E-state index in [4.69, 9.17) is 5.84 Å². The molecule has 1 aromatic heterocycles. The summed E-state index contributed by atoms with van der Waals surface area (Å²) in [6, 6.07) is 3.53.